The summed E-state index contributed by atoms with van der Waals surface area (Å²) in [5.74, 6) is 0. The molecule has 1 N–H and O–H groups in total. The highest BCUT2D eigenvalue weighted by Crippen LogP contribution is 2.22. The molecule has 14 heavy (non-hydrogen) atoms. The predicted octanol–water partition coefficient (Wildman–Crippen LogP) is 3.01. The lowest BCUT2D eigenvalue weighted by Crippen LogP contribution is -2.35. The molecule has 1 nitrogen and oxygen atoms in total. The largest absolute Gasteiger partial charge is 0.384 e. The second kappa shape index (κ2) is 4.36. The summed E-state index contributed by atoms with van der Waals surface area (Å²) in [7, 11) is 0. The summed E-state index contributed by atoms with van der Waals surface area (Å²) in [5.41, 5.74) is -1.27. The Balaban J connectivity index is 2.78. The molecule has 1 aromatic rings. The van der Waals surface area contributed by atoms with Crippen molar-refractivity contribution in [2.75, 3.05) is 0 Å². The molecule has 4 heteroatoms. The van der Waals surface area contributed by atoms with Gasteiger partial charge in [0.05, 0.1) is 0 Å². The van der Waals surface area contributed by atoms with E-state index >= 15 is 0 Å². The smallest absolute Gasteiger partial charge is 0.266 e. The Bertz CT molecular complexity index is 313. The van der Waals surface area contributed by atoms with Crippen molar-refractivity contribution in [2.45, 2.75) is 25.4 Å². The Kier molecular flexibility index (Phi) is 3.61. The second-order valence-corrected chi connectivity index (χ2v) is 4.38. The molecular formula is C10H11BrF2O. The summed E-state index contributed by atoms with van der Waals surface area (Å²) in [4.78, 5) is 0. The van der Waals surface area contributed by atoms with Crippen molar-refractivity contribution in [3.8, 4) is 0 Å². The fourth-order valence-corrected chi connectivity index (χ4v) is 1.58. The van der Waals surface area contributed by atoms with Crippen molar-refractivity contribution >= 4 is 15.9 Å². The Hall–Kier alpha value is -0.480. The number of hydrogen-bond donors (Lipinski definition) is 1. The van der Waals surface area contributed by atoms with Crippen molar-refractivity contribution in [3.63, 3.8) is 0 Å². The zero-order valence-corrected chi connectivity index (χ0v) is 9.26. The number of aliphatic hydroxyl groups is 1. The van der Waals surface area contributed by atoms with E-state index in [1.54, 1.807) is 24.3 Å². The van der Waals surface area contributed by atoms with Gasteiger partial charge in [-0.2, -0.15) is 0 Å². The molecule has 0 heterocycles. The van der Waals surface area contributed by atoms with Crippen LogP contribution in [0.1, 0.15) is 12.5 Å². The Morgan fingerprint density at radius 2 is 2.14 bits per heavy atom. The van der Waals surface area contributed by atoms with E-state index in [1.165, 1.54) is 0 Å². The van der Waals surface area contributed by atoms with Crippen molar-refractivity contribution in [3.05, 3.63) is 34.3 Å². The first-order valence-corrected chi connectivity index (χ1v) is 4.96. The lowest BCUT2D eigenvalue weighted by atomic mass is 9.97. The van der Waals surface area contributed by atoms with E-state index in [9.17, 15) is 13.9 Å². The van der Waals surface area contributed by atoms with Gasteiger partial charge >= 0.3 is 0 Å². The Labute approximate surface area is 89.9 Å². The molecule has 1 atom stereocenters. The molecule has 0 saturated heterocycles. The van der Waals surface area contributed by atoms with E-state index in [0.717, 1.165) is 11.4 Å². The number of halogens is 3. The van der Waals surface area contributed by atoms with Crippen LogP contribution >= 0.6 is 15.9 Å². The van der Waals surface area contributed by atoms with Gasteiger partial charge in [0, 0.05) is 10.9 Å². The SMILES string of the molecule is C[C@](O)(Cc1cccc(Br)c1)C(F)F. The molecule has 0 aliphatic heterocycles. The fourth-order valence-electron chi connectivity index (χ4n) is 1.14. The lowest BCUT2D eigenvalue weighted by Gasteiger charge is -2.22. The quantitative estimate of drug-likeness (QED) is 0.890. The minimum absolute atomic E-state index is 0.0515. The summed E-state index contributed by atoms with van der Waals surface area (Å²) in [6.07, 6.45) is -2.79. The molecular weight excluding hydrogens is 254 g/mol. The van der Waals surface area contributed by atoms with Gasteiger partial charge in [0.2, 0.25) is 0 Å². The highest BCUT2D eigenvalue weighted by atomic mass is 79.9. The summed E-state index contributed by atoms with van der Waals surface area (Å²) in [5, 5.41) is 9.37. The van der Waals surface area contributed by atoms with Crippen molar-refractivity contribution in [1.82, 2.24) is 0 Å². The second-order valence-electron chi connectivity index (χ2n) is 3.46. The summed E-state index contributed by atoms with van der Waals surface area (Å²) in [6.45, 7) is 1.14. The van der Waals surface area contributed by atoms with E-state index < -0.39 is 12.0 Å². The number of alkyl halides is 2. The first-order valence-electron chi connectivity index (χ1n) is 4.17. The third kappa shape index (κ3) is 3.03. The van der Waals surface area contributed by atoms with Gasteiger partial charge < -0.3 is 5.11 Å². The fraction of sp³-hybridized carbons (Fsp3) is 0.400. The maximum absolute atomic E-state index is 12.3. The van der Waals surface area contributed by atoms with Crippen LogP contribution in [0.25, 0.3) is 0 Å². The average molecular weight is 265 g/mol. The van der Waals surface area contributed by atoms with E-state index in [-0.39, 0.29) is 6.42 Å². The van der Waals surface area contributed by atoms with Crippen LogP contribution in [0.5, 0.6) is 0 Å². The van der Waals surface area contributed by atoms with Gasteiger partial charge in [0.15, 0.2) is 0 Å². The van der Waals surface area contributed by atoms with Gasteiger partial charge in [-0.05, 0) is 24.6 Å². The molecule has 0 bridgehead atoms. The van der Waals surface area contributed by atoms with Gasteiger partial charge in [-0.1, -0.05) is 28.1 Å². The highest BCUT2D eigenvalue weighted by Gasteiger charge is 2.32. The van der Waals surface area contributed by atoms with Gasteiger partial charge in [0.1, 0.15) is 5.60 Å². The zero-order chi connectivity index (χ0) is 10.8. The van der Waals surface area contributed by atoms with E-state index in [4.69, 9.17) is 0 Å². The lowest BCUT2D eigenvalue weighted by molar-refractivity contribution is -0.0821. The van der Waals surface area contributed by atoms with Gasteiger partial charge in [-0.15, -0.1) is 0 Å². The molecule has 78 valence electrons. The minimum Gasteiger partial charge on any atom is -0.384 e. The molecule has 0 amide bonds. The normalized spacial score (nSPS) is 15.6. The molecule has 0 aliphatic carbocycles. The molecule has 0 aromatic heterocycles. The molecule has 0 unspecified atom stereocenters. The average Bonchev–Trinajstić information content (AvgIpc) is 2.02. The molecule has 0 spiro atoms. The monoisotopic (exact) mass is 264 g/mol. The maximum Gasteiger partial charge on any atom is 0.266 e. The first-order chi connectivity index (χ1) is 6.42. The van der Waals surface area contributed by atoms with Crippen LogP contribution in [0.3, 0.4) is 0 Å². The topological polar surface area (TPSA) is 20.2 Å². The van der Waals surface area contributed by atoms with Gasteiger partial charge in [-0.3, -0.25) is 0 Å². The molecule has 1 aromatic carbocycles. The van der Waals surface area contributed by atoms with Crippen molar-refractivity contribution < 1.29 is 13.9 Å². The van der Waals surface area contributed by atoms with Crippen LogP contribution in [-0.2, 0) is 6.42 Å². The van der Waals surface area contributed by atoms with Crippen LogP contribution in [0.4, 0.5) is 8.78 Å². The van der Waals surface area contributed by atoms with Gasteiger partial charge in [0.25, 0.3) is 6.43 Å². The Morgan fingerprint density at radius 3 is 2.64 bits per heavy atom. The first kappa shape index (κ1) is 11.6. The third-order valence-electron chi connectivity index (χ3n) is 1.92. The molecule has 0 radical (unpaired) electrons. The zero-order valence-electron chi connectivity index (χ0n) is 7.67. The summed E-state index contributed by atoms with van der Waals surface area (Å²) in [6, 6.07) is 6.99. The van der Waals surface area contributed by atoms with Crippen molar-refractivity contribution in [2.24, 2.45) is 0 Å². The van der Waals surface area contributed by atoms with Crippen LogP contribution < -0.4 is 0 Å². The van der Waals surface area contributed by atoms with E-state index in [2.05, 4.69) is 15.9 Å². The highest BCUT2D eigenvalue weighted by molar-refractivity contribution is 9.10. The van der Waals surface area contributed by atoms with Crippen LogP contribution in [0.15, 0.2) is 28.7 Å². The Morgan fingerprint density at radius 1 is 1.50 bits per heavy atom. The number of rotatable bonds is 3. The van der Waals surface area contributed by atoms with Crippen molar-refractivity contribution in [1.29, 1.82) is 0 Å². The standard InChI is InChI=1S/C10H11BrF2O/c1-10(14,9(12)13)6-7-3-2-4-8(11)5-7/h2-5,9,14H,6H2,1H3/t10-/m0/s1. The molecule has 1 rings (SSSR count). The molecule has 0 saturated carbocycles. The van der Waals surface area contributed by atoms with E-state index in [0.29, 0.717) is 5.56 Å². The minimum atomic E-state index is -2.73. The number of benzene rings is 1. The van der Waals surface area contributed by atoms with Crippen LogP contribution in [-0.4, -0.2) is 17.1 Å². The maximum atomic E-state index is 12.3. The summed E-state index contributed by atoms with van der Waals surface area (Å²) >= 11 is 3.24. The van der Waals surface area contributed by atoms with Crippen LogP contribution in [0, 0.1) is 0 Å². The summed E-state index contributed by atoms with van der Waals surface area (Å²) < 4.78 is 25.5. The van der Waals surface area contributed by atoms with Crippen LogP contribution in [0.2, 0.25) is 0 Å². The molecule has 0 aliphatic rings. The van der Waals surface area contributed by atoms with E-state index in [1.807, 2.05) is 0 Å². The van der Waals surface area contributed by atoms with Gasteiger partial charge in [-0.25, -0.2) is 8.78 Å². The third-order valence-corrected chi connectivity index (χ3v) is 2.41. The predicted molar refractivity (Wildman–Crippen MR) is 54.5 cm³/mol. The molecule has 0 fully saturated rings. The number of hydrogen-bond acceptors (Lipinski definition) is 1.